The summed E-state index contributed by atoms with van der Waals surface area (Å²) in [4.78, 5) is 11.1. The maximum atomic E-state index is 11.1. The second-order valence-corrected chi connectivity index (χ2v) is 6.22. The van der Waals surface area contributed by atoms with Gasteiger partial charge in [0.15, 0.2) is 5.82 Å². The van der Waals surface area contributed by atoms with Crippen LogP contribution in [-0.4, -0.2) is 34.1 Å². The van der Waals surface area contributed by atoms with E-state index >= 15 is 0 Å². The van der Waals surface area contributed by atoms with Crippen LogP contribution in [0.25, 0.3) is 0 Å². The monoisotopic (exact) mass is 381 g/mol. The number of aromatic amines is 1. The lowest BCUT2D eigenvalue weighted by Gasteiger charge is -2.04. The van der Waals surface area contributed by atoms with Gasteiger partial charge in [-0.3, -0.25) is 9.89 Å². The Kier molecular flexibility index (Phi) is 5.77. The molecule has 0 aliphatic carbocycles. The summed E-state index contributed by atoms with van der Waals surface area (Å²) in [5, 5.41) is 14.2. The molecule has 0 aliphatic heterocycles. The third-order valence-electron chi connectivity index (χ3n) is 3.79. The Balaban J connectivity index is 1.76. The van der Waals surface area contributed by atoms with E-state index in [1.807, 2.05) is 48.5 Å². The van der Waals surface area contributed by atoms with Crippen molar-refractivity contribution >= 4 is 30.0 Å². The summed E-state index contributed by atoms with van der Waals surface area (Å²) in [6.07, 6.45) is 2.27. The number of ether oxygens (including phenoxy) is 1. The van der Waals surface area contributed by atoms with Crippen molar-refractivity contribution in [1.82, 2.24) is 14.9 Å². The number of nitrogens with zero attached hydrogens (tertiary/aromatic N) is 3. The molecule has 1 aromatic heterocycles. The number of benzene rings is 2. The fourth-order valence-corrected chi connectivity index (χ4v) is 2.66. The van der Waals surface area contributed by atoms with Crippen LogP contribution in [0.3, 0.4) is 0 Å². The molecular weight excluding hydrogens is 362 g/mol. The van der Waals surface area contributed by atoms with Crippen molar-refractivity contribution in [3.8, 4) is 5.75 Å². The fourth-order valence-electron chi connectivity index (χ4n) is 2.46. The zero-order valence-corrected chi connectivity index (χ0v) is 15.8. The molecule has 0 atom stereocenters. The molecule has 0 spiro atoms. The summed E-state index contributed by atoms with van der Waals surface area (Å²) in [6.45, 7) is 1.47. The summed E-state index contributed by atoms with van der Waals surface area (Å²) in [5.74, 6) is 1.40. The van der Waals surface area contributed by atoms with Crippen LogP contribution in [0.1, 0.15) is 23.9 Å². The van der Waals surface area contributed by atoms with Gasteiger partial charge in [-0.05, 0) is 47.6 Å². The normalized spacial score (nSPS) is 10.9. The quantitative estimate of drug-likeness (QED) is 0.506. The number of aromatic nitrogens is 3. The Hall–Kier alpha value is -3.26. The minimum Gasteiger partial charge on any atom is -0.497 e. The molecule has 2 N–H and O–H groups in total. The molecule has 7 nitrogen and oxygen atoms in total. The van der Waals surface area contributed by atoms with E-state index in [4.69, 9.17) is 17.0 Å². The highest BCUT2D eigenvalue weighted by atomic mass is 32.1. The van der Waals surface area contributed by atoms with Gasteiger partial charge >= 0.3 is 0 Å². The molecule has 3 aromatic rings. The number of H-pyrrole nitrogens is 1. The van der Waals surface area contributed by atoms with Crippen molar-refractivity contribution in [3.63, 3.8) is 0 Å². The third kappa shape index (κ3) is 4.89. The number of hydrogen-bond acceptors (Lipinski definition) is 5. The Morgan fingerprint density at radius 1 is 1.26 bits per heavy atom. The van der Waals surface area contributed by atoms with E-state index in [1.54, 1.807) is 18.0 Å². The number of amides is 1. The van der Waals surface area contributed by atoms with Gasteiger partial charge in [-0.2, -0.15) is 14.9 Å². The van der Waals surface area contributed by atoms with Crippen LogP contribution in [-0.2, 0) is 11.2 Å². The number of carbonyl (C=O) groups is 1. The molecule has 0 saturated heterocycles. The van der Waals surface area contributed by atoms with Gasteiger partial charge < -0.3 is 10.1 Å². The van der Waals surface area contributed by atoms with Gasteiger partial charge in [-0.1, -0.05) is 24.3 Å². The van der Waals surface area contributed by atoms with Crippen LogP contribution in [0, 0.1) is 4.77 Å². The maximum Gasteiger partial charge on any atom is 0.221 e. The highest BCUT2D eigenvalue weighted by Gasteiger charge is 2.06. The molecule has 0 aliphatic rings. The first-order valence-electron chi connectivity index (χ1n) is 8.26. The molecule has 1 amide bonds. The van der Waals surface area contributed by atoms with E-state index in [1.165, 1.54) is 6.92 Å². The first-order chi connectivity index (χ1) is 13.0. The largest absolute Gasteiger partial charge is 0.497 e. The van der Waals surface area contributed by atoms with Crippen molar-refractivity contribution in [2.75, 3.05) is 12.4 Å². The van der Waals surface area contributed by atoms with Gasteiger partial charge in [0.05, 0.1) is 13.3 Å². The van der Waals surface area contributed by atoms with E-state index in [9.17, 15) is 4.79 Å². The number of carbonyl (C=O) groups excluding carboxylic acids is 1. The van der Waals surface area contributed by atoms with Crippen molar-refractivity contribution < 1.29 is 9.53 Å². The maximum absolute atomic E-state index is 11.1. The number of hydrogen-bond donors (Lipinski definition) is 2. The molecule has 8 heteroatoms. The predicted molar refractivity (Wildman–Crippen MR) is 107 cm³/mol. The molecule has 0 bridgehead atoms. The van der Waals surface area contributed by atoms with Crippen molar-refractivity contribution in [2.24, 2.45) is 5.10 Å². The zero-order valence-electron chi connectivity index (χ0n) is 15.0. The van der Waals surface area contributed by atoms with Crippen molar-refractivity contribution in [2.45, 2.75) is 13.3 Å². The van der Waals surface area contributed by atoms with E-state index in [2.05, 4.69) is 20.6 Å². The Morgan fingerprint density at radius 3 is 2.59 bits per heavy atom. The topological polar surface area (TPSA) is 84.3 Å². The fraction of sp³-hybridized carbons (Fsp3) is 0.158. The van der Waals surface area contributed by atoms with Gasteiger partial charge in [0.25, 0.3) is 0 Å². The number of rotatable bonds is 6. The number of anilines is 1. The van der Waals surface area contributed by atoms with Crippen molar-refractivity contribution in [3.05, 3.63) is 70.3 Å². The van der Waals surface area contributed by atoms with Gasteiger partial charge in [0.1, 0.15) is 5.75 Å². The average Bonchev–Trinajstić information content (AvgIpc) is 3.01. The summed E-state index contributed by atoms with van der Waals surface area (Å²) in [5.41, 5.74) is 2.68. The summed E-state index contributed by atoms with van der Waals surface area (Å²) in [7, 11) is 1.64. The van der Waals surface area contributed by atoms with E-state index in [-0.39, 0.29) is 5.91 Å². The van der Waals surface area contributed by atoms with Crippen LogP contribution in [0.15, 0.2) is 53.6 Å². The van der Waals surface area contributed by atoms with Gasteiger partial charge in [-0.25, -0.2) is 0 Å². The van der Waals surface area contributed by atoms with Gasteiger partial charge in [0.2, 0.25) is 10.7 Å². The Morgan fingerprint density at radius 2 is 1.96 bits per heavy atom. The smallest absolute Gasteiger partial charge is 0.221 e. The minimum absolute atomic E-state index is 0.107. The summed E-state index contributed by atoms with van der Waals surface area (Å²) < 4.78 is 7.19. The molecule has 138 valence electrons. The van der Waals surface area contributed by atoms with Crippen LogP contribution in [0.2, 0.25) is 0 Å². The van der Waals surface area contributed by atoms with Gasteiger partial charge in [-0.15, -0.1) is 0 Å². The number of nitrogens with one attached hydrogen (secondary N) is 2. The first-order valence-corrected chi connectivity index (χ1v) is 8.67. The summed E-state index contributed by atoms with van der Waals surface area (Å²) >= 11 is 5.28. The zero-order chi connectivity index (χ0) is 19.2. The van der Waals surface area contributed by atoms with E-state index < -0.39 is 0 Å². The highest BCUT2D eigenvalue weighted by Crippen LogP contribution is 2.14. The standard InChI is InChI=1S/C19H19N5O2S/c1-13(25)21-16-7-3-15(4-8-16)12-20-24-18(22-23-19(24)27)11-14-5-9-17(26-2)10-6-14/h3-10,12H,11H2,1-2H3,(H,21,25)(H,23,27)/b20-12-. The van der Waals surface area contributed by atoms with Crippen LogP contribution >= 0.6 is 12.2 Å². The number of methoxy groups -OCH3 is 1. The molecule has 0 radical (unpaired) electrons. The Labute approximate surface area is 161 Å². The molecule has 0 fully saturated rings. The van der Waals surface area contributed by atoms with E-state index in [0.29, 0.717) is 17.0 Å². The van der Waals surface area contributed by atoms with Crippen LogP contribution in [0.5, 0.6) is 5.75 Å². The van der Waals surface area contributed by atoms with E-state index in [0.717, 1.165) is 22.6 Å². The van der Waals surface area contributed by atoms with Crippen LogP contribution < -0.4 is 10.1 Å². The SMILES string of the molecule is COc1ccc(Cc2n[nH]c(=S)n2/N=C\c2ccc(NC(C)=O)cc2)cc1. The highest BCUT2D eigenvalue weighted by molar-refractivity contribution is 7.71. The Bertz CT molecular complexity index is 1000. The molecule has 27 heavy (non-hydrogen) atoms. The molecule has 3 rings (SSSR count). The lowest BCUT2D eigenvalue weighted by atomic mass is 10.1. The predicted octanol–water partition coefficient (Wildman–Crippen LogP) is 3.38. The lowest BCUT2D eigenvalue weighted by Crippen LogP contribution is -2.05. The van der Waals surface area contributed by atoms with Crippen LogP contribution in [0.4, 0.5) is 5.69 Å². The molecule has 2 aromatic carbocycles. The minimum atomic E-state index is -0.107. The second kappa shape index (κ2) is 8.41. The average molecular weight is 381 g/mol. The summed E-state index contributed by atoms with van der Waals surface area (Å²) in [6, 6.07) is 15.1. The van der Waals surface area contributed by atoms with Gasteiger partial charge in [0, 0.05) is 19.0 Å². The lowest BCUT2D eigenvalue weighted by molar-refractivity contribution is -0.114. The first kappa shape index (κ1) is 18.5. The third-order valence-corrected chi connectivity index (χ3v) is 4.06. The second-order valence-electron chi connectivity index (χ2n) is 5.83. The van der Waals surface area contributed by atoms with Crippen molar-refractivity contribution in [1.29, 1.82) is 0 Å². The molecular formula is C19H19N5O2S. The molecule has 0 saturated carbocycles. The molecule has 1 heterocycles. The molecule has 0 unspecified atom stereocenters.